The van der Waals surface area contributed by atoms with Crippen molar-refractivity contribution in [2.24, 2.45) is 0 Å². The average Bonchev–Trinajstić information content (AvgIpc) is 2.21. The van der Waals surface area contributed by atoms with Crippen molar-refractivity contribution >= 4 is 21.6 Å². The van der Waals surface area contributed by atoms with Crippen molar-refractivity contribution in [1.29, 1.82) is 0 Å². The van der Waals surface area contributed by atoms with Crippen LogP contribution in [0.2, 0.25) is 0 Å². The van der Waals surface area contributed by atoms with Crippen LogP contribution in [0.5, 0.6) is 0 Å². The molecule has 1 aromatic rings. The monoisotopic (exact) mass is 298 g/mol. The van der Waals surface area contributed by atoms with Crippen molar-refractivity contribution in [2.75, 3.05) is 5.32 Å². The maximum atomic E-state index is 5.74. The predicted molar refractivity (Wildman–Crippen MR) is 73.3 cm³/mol. The van der Waals surface area contributed by atoms with Gasteiger partial charge in [0.25, 0.3) is 0 Å². The molecule has 0 aliphatic carbocycles. The Morgan fingerprint density at radius 2 is 1.94 bits per heavy atom. The van der Waals surface area contributed by atoms with Gasteiger partial charge in [-0.05, 0) is 61.7 Å². The maximum absolute atomic E-state index is 5.74. The Labute approximate surface area is 111 Å². The van der Waals surface area contributed by atoms with Crippen molar-refractivity contribution in [1.82, 2.24) is 4.98 Å². The summed E-state index contributed by atoms with van der Waals surface area (Å²) in [7, 11) is 0. The van der Waals surface area contributed by atoms with E-state index in [1.165, 1.54) is 0 Å². The van der Waals surface area contributed by atoms with Gasteiger partial charge in [-0.3, -0.25) is 0 Å². The number of ether oxygens (including phenoxy) is 1. The van der Waals surface area contributed by atoms with Gasteiger partial charge in [0, 0.05) is 6.04 Å². The number of aryl methyl sites for hydroxylation is 1. The normalized spacial score (nSPS) is 29.1. The van der Waals surface area contributed by atoms with Gasteiger partial charge in [0.05, 0.1) is 23.6 Å². The zero-order valence-corrected chi connectivity index (χ0v) is 12.1. The molecule has 0 bridgehead atoms. The molecule has 1 aromatic heterocycles. The lowest BCUT2D eigenvalue weighted by molar-refractivity contribution is -0.0337. The molecule has 2 atom stereocenters. The molecule has 2 rings (SSSR count). The van der Waals surface area contributed by atoms with Crippen molar-refractivity contribution in [3.05, 3.63) is 22.4 Å². The number of halogens is 1. The molecule has 3 nitrogen and oxygen atoms in total. The minimum atomic E-state index is 0.333. The van der Waals surface area contributed by atoms with E-state index in [0.29, 0.717) is 18.2 Å². The molecule has 1 aliphatic heterocycles. The first kappa shape index (κ1) is 12.8. The number of nitrogens with one attached hydrogen (secondary N) is 1. The van der Waals surface area contributed by atoms with Gasteiger partial charge in [0.1, 0.15) is 4.60 Å². The molecule has 0 saturated carbocycles. The smallest absolute Gasteiger partial charge is 0.106 e. The fourth-order valence-electron chi connectivity index (χ4n) is 2.43. The largest absolute Gasteiger partial charge is 0.381 e. The number of hydrogen-bond donors (Lipinski definition) is 1. The highest BCUT2D eigenvalue weighted by atomic mass is 79.9. The molecule has 4 heteroatoms. The third kappa shape index (κ3) is 3.42. The molecule has 1 aliphatic rings. The summed E-state index contributed by atoms with van der Waals surface area (Å²) in [5, 5.41) is 3.57. The molecule has 17 heavy (non-hydrogen) atoms. The first-order chi connectivity index (χ1) is 8.04. The van der Waals surface area contributed by atoms with Crippen LogP contribution in [0.4, 0.5) is 5.69 Å². The van der Waals surface area contributed by atoms with E-state index < -0.39 is 0 Å². The third-order valence-corrected chi connectivity index (χ3v) is 3.55. The van der Waals surface area contributed by atoms with Crippen LogP contribution in [0.15, 0.2) is 16.7 Å². The minimum absolute atomic E-state index is 0.333. The van der Waals surface area contributed by atoms with Crippen LogP contribution in [0.25, 0.3) is 0 Å². The highest BCUT2D eigenvalue weighted by Gasteiger charge is 2.24. The summed E-state index contributed by atoms with van der Waals surface area (Å²) in [6, 6.07) is 4.54. The SMILES string of the molecule is Cc1nc(Br)ccc1NC1CC(C)OC(C)C1. The van der Waals surface area contributed by atoms with E-state index in [-0.39, 0.29) is 0 Å². The summed E-state index contributed by atoms with van der Waals surface area (Å²) in [6.45, 7) is 6.30. The van der Waals surface area contributed by atoms with Crippen LogP contribution < -0.4 is 5.32 Å². The van der Waals surface area contributed by atoms with Crippen LogP contribution in [0.1, 0.15) is 32.4 Å². The summed E-state index contributed by atoms with van der Waals surface area (Å²) < 4.78 is 6.62. The lowest BCUT2D eigenvalue weighted by Crippen LogP contribution is -2.37. The molecular weight excluding hydrogens is 280 g/mol. The van der Waals surface area contributed by atoms with E-state index in [1.807, 2.05) is 13.0 Å². The fourth-order valence-corrected chi connectivity index (χ4v) is 2.82. The second-order valence-electron chi connectivity index (χ2n) is 4.84. The van der Waals surface area contributed by atoms with Crippen LogP contribution >= 0.6 is 15.9 Å². The van der Waals surface area contributed by atoms with E-state index in [9.17, 15) is 0 Å². The number of rotatable bonds is 2. The molecule has 94 valence electrons. The Balaban J connectivity index is 2.04. The predicted octanol–water partition coefficient (Wildman–Crippen LogP) is 3.52. The molecule has 0 aromatic carbocycles. The zero-order valence-electron chi connectivity index (χ0n) is 10.5. The Morgan fingerprint density at radius 3 is 2.53 bits per heavy atom. The van der Waals surface area contributed by atoms with E-state index in [4.69, 9.17) is 4.74 Å². The molecule has 2 unspecified atom stereocenters. The second kappa shape index (κ2) is 5.36. The Bertz CT molecular complexity index is 387. The Kier molecular flexibility index (Phi) is 4.05. The summed E-state index contributed by atoms with van der Waals surface area (Å²) in [6.07, 6.45) is 2.78. The summed E-state index contributed by atoms with van der Waals surface area (Å²) >= 11 is 3.38. The number of anilines is 1. The number of hydrogen-bond acceptors (Lipinski definition) is 3. The number of aromatic nitrogens is 1. The topological polar surface area (TPSA) is 34.2 Å². The maximum Gasteiger partial charge on any atom is 0.106 e. The van der Waals surface area contributed by atoms with Gasteiger partial charge in [0.15, 0.2) is 0 Å². The fraction of sp³-hybridized carbons (Fsp3) is 0.615. The van der Waals surface area contributed by atoms with Crippen LogP contribution in [0.3, 0.4) is 0 Å². The van der Waals surface area contributed by atoms with Gasteiger partial charge in [0.2, 0.25) is 0 Å². The summed E-state index contributed by atoms with van der Waals surface area (Å²) in [5.41, 5.74) is 2.16. The Morgan fingerprint density at radius 1 is 1.29 bits per heavy atom. The molecule has 0 amide bonds. The number of pyridine rings is 1. The van der Waals surface area contributed by atoms with Crippen molar-refractivity contribution in [2.45, 2.75) is 51.9 Å². The van der Waals surface area contributed by atoms with Crippen LogP contribution in [-0.4, -0.2) is 23.2 Å². The molecule has 0 radical (unpaired) electrons. The molecule has 1 N–H and O–H groups in total. The zero-order chi connectivity index (χ0) is 12.4. The number of nitrogens with zero attached hydrogens (tertiary/aromatic N) is 1. The first-order valence-corrected chi connectivity index (χ1v) is 6.89. The van der Waals surface area contributed by atoms with Gasteiger partial charge < -0.3 is 10.1 Å². The molecular formula is C13H19BrN2O. The first-order valence-electron chi connectivity index (χ1n) is 6.09. The summed E-state index contributed by atoms with van der Waals surface area (Å²) in [5.74, 6) is 0. The van der Waals surface area contributed by atoms with Crippen molar-refractivity contribution in [3.8, 4) is 0 Å². The van der Waals surface area contributed by atoms with Gasteiger partial charge in [-0.25, -0.2) is 4.98 Å². The van der Waals surface area contributed by atoms with E-state index in [2.05, 4.69) is 46.1 Å². The van der Waals surface area contributed by atoms with Gasteiger partial charge in [-0.1, -0.05) is 0 Å². The average molecular weight is 299 g/mol. The highest BCUT2D eigenvalue weighted by molar-refractivity contribution is 9.10. The van der Waals surface area contributed by atoms with E-state index in [1.54, 1.807) is 0 Å². The molecule has 1 saturated heterocycles. The molecule has 1 fully saturated rings. The van der Waals surface area contributed by atoms with Gasteiger partial charge in [-0.15, -0.1) is 0 Å². The standard InChI is InChI=1S/C13H19BrN2O/c1-8-6-11(7-9(2)17-8)16-12-4-5-13(14)15-10(12)3/h4-5,8-9,11,16H,6-7H2,1-3H3. The highest BCUT2D eigenvalue weighted by Crippen LogP contribution is 2.24. The van der Waals surface area contributed by atoms with E-state index >= 15 is 0 Å². The lowest BCUT2D eigenvalue weighted by Gasteiger charge is -2.33. The van der Waals surface area contributed by atoms with Gasteiger partial charge >= 0.3 is 0 Å². The van der Waals surface area contributed by atoms with Crippen molar-refractivity contribution in [3.63, 3.8) is 0 Å². The second-order valence-corrected chi connectivity index (χ2v) is 5.65. The van der Waals surface area contributed by atoms with Gasteiger partial charge in [-0.2, -0.15) is 0 Å². The van der Waals surface area contributed by atoms with E-state index in [0.717, 1.165) is 28.8 Å². The molecule has 0 spiro atoms. The molecule has 2 heterocycles. The Hall–Kier alpha value is -0.610. The summed E-state index contributed by atoms with van der Waals surface area (Å²) in [4.78, 5) is 4.40. The minimum Gasteiger partial charge on any atom is -0.381 e. The van der Waals surface area contributed by atoms with Crippen LogP contribution in [0, 0.1) is 6.92 Å². The quantitative estimate of drug-likeness (QED) is 0.848. The van der Waals surface area contributed by atoms with Crippen molar-refractivity contribution < 1.29 is 4.74 Å². The lowest BCUT2D eigenvalue weighted by atomic mass is 9.99. The third-order valence-electron chi connectivity index (χ3n) is 3.11. The van der Waals surface area contributed by atoms with Crippen LogP contribution in [-0.2, 0) is 4.74 Å².